The smallest absolute Gasteiger partial charge is 0.251 e. The molecule has 0 saturated heterocycles. The lowest BCUT2D eigenvalue weighted by atomic mass is 10.2. The summed E-state index contributed by atoms with van der Waals surface area (Å²) in [6.45, 7) is 5.15. The first-order chi connectivity index (χ1) is 11.5. The first-order valence-corrected chi connectivity index (χ1v) is 8.44. The number of likely N-dealkylation sites (N-methyl/N-ethyl adjacent to an activating group) is 2. The van der Waals surface area contributed by atoms with Gasteiger partial charge in [-0.05, 0) is 44.5 Å². The second-order valence-electron chi connectivity index (χ2n) is 5.23. The Hall–Kier alpha value is -2.08. The maximum absolute atomic E-state index is 12.1. The van der Waals surface area contributed by atoms with Gasteiger partial charge >= 0.3 is 0 Å². The van der Waals surface area contributed by atoms with Gasteiger partial charge in [0.05, 0.1) is 6.54 Å². The summed E-state index contributed by atoms with van der Waals surface area (Å²) in [6.07, 6.45) is 0.804. The average molecular weight is 354 g/mol. The molecule has 0 aromatic heterocycles. The second kappa shape index (κ2) is 10.6. The van der Waals surface area contributed by atoms with Crippen molar-refractivity contribution in [3.05, 3.63) is 34.9 Å². The normalized spacial score (nSPS) is 10.1. The van der Waals surface area contributed by atoms with Gasteiger partial charge in [-0.25, -0.2) is 0 Å². The van der Waals surface area contributed by atoms with Crippen LogP contribution in [0.1, 0.15) is 37.0 Å². The zero-order valence-electron chi connectivity index (χ0n) is 14.1. The first-order valence-electron chi connectivity index (χ1n) is 8.06. The van der Waals surface area contributed by atoms with Gasteiger partial charge < -0.3 is 15.5 Å². The number of amides is 3. The molecular formula is C17H24ClN3O3. The molecule has 24 heavy (non-hydrogen) atoms. The first kappa shape index (κ1) is 20.0. The van der Waals surface area contributed by atoms with Crippen LogP contribution in [0.5, 0.6) is 0 Å². The quantitative estimate of drug-likeness (QED) is 0.665. The molecule has 3 amide bonds. The number of hydrogen-bond donors (Lipinski definition) is 2. The Morgan fingerprint density at radius 1 is 1.08 bits per heavy atom. The summed E-state index contributed by atoms with van der Waals surface area (Å²) < 4.78 is 0. The summed E-state index contributed by atoms with van der Waals surface area (Å²) in [5.41, 5.74) is 0.525. The van der Waals surface area contributed by atoms with E-state index < -0.39 is 0 Å². The molecule has 0 atom stereocenters. The number of benzene rings is 1. The SMILES string of the molecule is CCNC(=O)CN(CC)C(=O)CCCNC(=O)c1ccc(Cl)cc1. The van der Waals surface area contributed by atoms with Gasteiger partial charge in [0.25, 0.3) is 5.91 Å². The van der Waals surface area contributed by atoms with E-state index in [1.54, 1.807) is 24.3 Å². The summed E-state index contributed by atoms with van der Waals surface area (Å²) in [5.74, 6) is -0.456. The summed E-state index contributed by atoms with van der Waals surface area (Å²) in [6, 6.07) is 6.60. The predicted octanol–water partition coefficient (Wildman–Crippen LogP) is 1.83. The molecule has 0 spiro atoms. The highest BCUT2D eigenvalue weighted by Gasteiger charge is 2.14. The molecule has 1 aromatic carbocycles. The molecule has 6 nitrogen and oxygen atoms in total. The predicted molar refractivity (Wildman–Crippen MR) is 94.0 cm³/mol. The lowest BCUT2D eigenvalue weighted by molar-refractivity contribution is -0.135. The van der Waals surface area contributed by atoms with Crippen molar-refractivity contribution < 1.29 is 14.4 Å². The molecular weight excluding hydrogens is 330 g/mol. The van der Waals surface area contributed by atoms with E-state index in [1.807, 2.05) is 13.8 Å². The van der Waals surface area contributed by atoms with Crippen molar-refractivity contribution in [1.82, 2.24) is 15.5 Å². The second-order valence-corrected chi connectivity index (χ2v) is 5.66. The Bertz CT molecular complexity index is 561. The van der Waals surface area contributed by atoms with Gasteiger partial charge in [0.15, 0.2) is 0 Å². The van der Waals surface area contributed by atoms with Gasteiger partial charge in [0, 0.05) is 36.6 Å². The molecule has 1 aromatic rings. The number of carbonyl (C=O) groups is 3. The van der Waals surface area contributed by atoms with Gasteiger partial charge in [-0.2, -0.15) is 0 Å². The fourth-order valence-corrected chi connectivity index (χ4v) is 2.23. The number of hydrogen-bond acceptors (Lipinski definition) is 3. The highest BCUT2D eigenvalue weighted by Crippen LogP contribution is 2.09. The van der Waals surface area contributed by atoms with Gasteiger partial charge in [-0.3, -0.25) is 14.4 Å². The Kier molecular flexibility index (Phi) is 8.86. The minimum Gasteiger partial charge on any atom is -0.355 e. The summed E-state index contributed by atoms with van der Waals surface area (Å²) >= 11 is 5.77. The topological polar surface area (TPSA) is 78.5 Å². The van der Waals surface area contributed by atoms with Gasteiger partial charge in [0.2, 0.25) is 11.8 Å². The molecule has 0 aliphatic carbocycles. The molecule has 7 heteroatoms. The standard InChI is InChI=1S/C17H24ClN3O3/c1-3-19-15(22)12-21(4-2)16(23)6-5-11-20-17(24)13-7-9-14(18)10-8-13/h7-10H,3-6,11-12H2,1-2H3,(H,19,22)(H,20,24). The van der Waals surface area contributed by atoms with E-state index in [2.05, 4.69) is 10.6 Å². The van der Waals surface area contributed by atoms with Gasteiger partial charge in [0.1, 0.15) is 0 Å². The van der Waals surface area contributed by atoms with E-state index in [1.165, 1.54) is 4.90 Å². The average Bonchev–Trinajstić information content (AvgIpc) is 2.57. The molecule has 0 radical (unpaired) electrons. The monoisotopic (exact) mass is 353 g/mol. The van der Waals surface area contributed by atoms with E-state index in [0.717, 1.165) is 0 Å². The van der Waals surface area contributed by atoms with Crippen molar-refractivity contribution >= 4 is 29.3 Å². The van der Waals surface area contributed by atoms with Crippen LogP contribution < -0.4 is 10.6 Å². The van der Waals surface area contributed by atoms with Crippen molar-refractivity contribution in [3.63, 3.8) is 0 Å². The number of carbonyl (C=O) groups excluding carboxylic acids is 3. The van der Waals surface area contributed by atoms with Crippen molar-refractivity contribution in [2.75, 3.05) is 26.2 Å². The van der Waals surface area contributed by atoms with Crippen LogP contribution in [0.4, 0.5) is 0 Å². The lowest BCUT2D eigenvalue weighted by Gasteiger charge is -2.20. The number of halogens is 1. The number of nitrogens with zero attached hydrogens (tertiary/aromatic N) is 1. The molecule has 0 bridgehead atoms. The molecule has 0 heterocycles. The van der Waals surface area contributed by atoms with Crippen molar-refractivity contribution in [2.45, 2.75) is 26.7 Å². The van der Waals surface area contributed by atoms with Crippen molar-refractivity contribution in [1.29, 1.82) is 0 Å². The highest BCUT2D eigenvalue weighted by molar-refractivity contribution is 6.30. The fraction of sp³-hybridized carbons (Fsp3) is 0.471. The van der Waals surface area contributed by atoms with Gasteiger partial charge in [-0.1, -0.05) is 11.6 Å². The lowest BCUT2D eigenvalue weighted by Crippen LogP contribution is -2.40. The van der Waals surface area contributed by atoms with Crippen molar-refractivity contribution in [2.24, 2.45) is 0 Å². The Balaban J connectivity index is 2.32. The van der Waals surface area contributed by atoms with Crippen LogP contribution in [0.15, 0.2) is 24.3 Å². The molecule has 1 rings (SSSR count). The highest BCUT2D eigenvalue weighted by atomic mass is 35.5. The van der Waals surface area contributed by atoms with Crippen LogP contribution in [-0.4, -0.2) is 48.8 Å². The largest absolute Gasteiger partial charge is 0.355 e. The fourth-order valence-electron chi connectivity index (χ4n) is 2.11. The van der Waals surface area contributed by atoms with Crippen molar-refractivity contribution in [3.8, 4) is 0 Å². The maximum atomic E-state index is 12.1. The molecule has 0 aliphatic heterocycles. The zero-order valence-corrected chi connectivity index (χ0v) is 14.9. The Labute approximate surface area is 147 Å². The maximum Gasteiger partial charge on any atom is 0.251 e. The minimum atomic E-state index is -0.200. The molecule has 132 valence electrons. The van der Waals surface area contributed by atoms with Crippen LogP contribution in [0.2, 0.25) is 5.02 Å². The van der Waals surface area contributed by atoms with Crippen LogP contribution in [-0.2, 0) is 9.59 Å². The molecule has 0 saturated carbocycles. The minimum absolute atomic E-state index is 0.0697. The molecule has 0 unspecified atom stereocenters. The third-order valence-electron chi connectivity index (χ3n) is 3.40. The van der Waals surface area contributed by atoms with Crippen LogP contribution in [0, 0.1) is 0 Å². The number of nitrogens with one attached hydrogen (secondary N) is 2. The summed E-state index contributed by atoms with van der Waals surface area (Å²) in [7, 11) is 0. The Morgan fingerprint density at radius 3 is 2.33 bits per heavy atom. The van der Waals surface area contributed by atoms with E-state index in [9.17, 15) is 14.4 Å². The zero-order chi connectivity index (χ0) is 17.9. The van der Waals surface area contributed by atoms with E-state index in [0.29, 0.717) is 36.6 Å². The summed E-state index contributed by atoms with van der Waals surface area (Å²) in [5, 5.41) is 6.00. The summed E-state index contributed by atoms with van der Waals surface area (Å²) in [4.78, 5) is 37.0. The van der Waals surface area contributed by atoms with Crippen LogP contribution >= 0.6 is 11.6 Å². The third kappa shape index (κ3) is 7.00. The Morgan fingerprint density at radius 2 is 1.75 bits per heavy atom. The van der Waals surface area contributed by atoms with E-state index in [-0.39, 0.29) is 30.7 Å². The molecule has 0 fully saturated rings. The van der Waals surface area contributed by atoms with E-state index >= 15 is 0 Å². The van der Waals surface area contributed by atoms with Crippen LogP contribution in [0.3, 0.4) is 0 Å². The molecule has 2 N–H and O–H groups in total. The van der Waals surface area contributed by atoms with Gasteiger partial charge in [-0.15, -0.1) is 0 Å². The van der Waals surface area contributed by atoms with E-state index in [4.69, 9.17) is 11.6 Å². The molecule has 0 aliphatic rings. The van der Waals surface area contributed by atoms with Crippen LogP contribution in [0.25, 0.3) is 0 Å². The number of rotatable bonds is 9. The third-order valence-corrected chi connectivity index (χ3v) is 3.65.